The van der Waals surface area contributed by atoms with E-state index in [4.69, 9.17) is 0 Å². The summed E-state index contributed by atoms with van der Waals surface area (Å²) in [5.74, 6) is 0.591. The Labute approximate surface area is 161 Å². The number of pyridine rings is 1. The molecule has 0 aliphatic carbocycles. The van der Waals surface area contributed by atoms with Crippen LogP contribution in [0.25, 0.3) is 11.2 Å². The van der Waals surface area contributed by atoms with Crippen LogP contribution in [-0.2, 0) is 31.7 Å². The Morgan fingerprint density at radius 2 is 1.86 bits per heavy atom. The number of hydrogen-bond acceptors (Lipinski definition) is 5. The molecule has 9 heteroatoms. The van der Waals surface area contributed by atoms with E-state index < -0.39 is 11.2 Å². The number of hydrogen-bond donors (Lipinski definition) is 2. The van der Waals surface area contributed by atoms with Gasteiger partial charge < -0.3 is 10.3 Å². The van der Waals surface area contributed by atoms with E-state index in [1.165, 1.54) is 17.2 Å². The Hall–Kier alpha value is -3.23. The molecule has 0 saturated heterocycles. The van der Waals surface area contributed by atoms with Gasteiger partial charge in [-0.3, -0.25) is 23.7 Å². The quantitative estimate of drug-likeness (QED) is 0.547. The van der Waals surface area contributed by atoms with Gasteiger partial charge in [0.2, 0.25) is 5.91 Å². The fraction of sp³-hybridized carbons (Fsp3) is 0.421. The van der Waals surface area contributed by atoms with E-state index in [-0.39, 0.29) is 5.91 Å². The van der Waals surface area contributed by atoms with Crippen LogP contribution in [0.3, 0.4) is 0 Å². The molecule has 0 spiro atoms. The normalized spacial score (nSPS) is 11.1. The summed E-state index contributed by atoms with van der Waals surface area (Å²) < 4.78 is 2.38. The number of nitrogens with zero attached hydrogens (tertiary/aromatic N) is 4. The Balaban J connectivity index is 1.46. The van der Waals surface area contributed by atoms with Crippen molar-refractivity contribution in [1.29, 1.82) is 0 Å². The van der Waals surface area contributed by atoms with Crippen LogP contribution < -0.4 is 16.6 Å². The molecule has 2 N–H and O–H groups in total. The van der Waals surface area contributed by atoms with Gasteiger partial charge in [0.25, 0.3) is 5.56 Å². The summed E-state index contributed by atoms with van der Waals surface area (Å²) in [6, 6.07) is 3.94. The topological polar surface area (TPSA) is 115 Å². The van der Waals surface area contributed by atoms with Crippen molar-refractivity contribution in [2.75, 3.05) is 6.54 Å². The summed E-state index contributed by atoms with van der Waals surface area (Å²) >= 11 is 0. The monoisotopic (exact) mass is 384 g/mol. The molecule has 0 fully saturated rings. The van der Waals surface area contributed by atoms with Crippen molar-refractivity contribution >= 4 is 17.1 Å². The second kappa shape index (κ2) is 8.64. The molecule has 0 atom stereocenters. The third-order valence-corrected chi connectivity index (χ3v) is 4.67. The Bertz CT molecular complexity index is 1080. The van der Waals surface area contributed by atoms with E-state index in [0.717, 1.165) is 17.4 Å². The lowest BCUT2D eigenvalue weighted by atomic mass is 10.1. The number of aromatic amines is 1. The molecule has 28 heavy (non-hydrogen) atoms. The fourth-order valence-electron chi connectivity index (χ4n) is 3.07. The van der Waals surface area contributed by atoms with Gasteiger partial charge in [0.15, 0.2) is 5.65 Å². The average Bonchev–Trinajstić information content (AvgIpc) is 3.13. The highest BCUT2D eigenvalue weighted by molar-refractivity contribution is 5.75. The predicted octanol–water partition coefficient (Wildman–Crippen LogP) is 0.427. The number of H-pyrrole nitrogens is 1. The van der Waals surface area contributed by atoms with Gasteiger partial charge in [0.05, 0.1) is 0 Å². The Morgan fingerprint density at radius 3 is 2.61 bits per heavy atom. The molecule has 0 aromatic carbocycles. The number of nitrogens with one attached hydrogen (secondary N) is 2. The second-order valence-electron chi connectivity index (χ2n) is 6.75. The smallest absolute Gasteiger partial charge is 0.332 e. The van der Waals surface area contributed by atoms with Gasteiger partial charge in [-0.15, -0.1) is 0 Å². The molecule has 9 nitrogen and oxygen atoms in total. The Morgan fingerprint density at radius 1 is 1.11 bits per heavy atom. The van der Waals surface area contributed by atoms with Crippen LogP contribution in [0.5, 0.6) is 0 Å². The highest BCUT2D eigenvalue weighted by Crippen LogP contribution is 2.07. The zero-order valence-corrected chi connectivity index (χ0v) is 16.1. The number of imidazole rings is 1. The van der Waals surface area contributed by atoms with Crippen LogP contribution in [0.15, 0.2) is 34.1 Å². The lowest BCUT2D eigenvalue weighted by Crippen LogP contribution is -2.36. The first kappa shape index (κ1) is 19.5. The summed E-state index contributed by atoms with van der Waals surface area (Å²) in [5, 5.41) is 2.91. The molecule has 0 unspecified atom stereocenters. The van der Waals surface area contributed by atoms with Crippen molar-refractivity contribution in [2.24, 2.45) is 14.1 Å². The van der Waals surface area contributed by atoms with Gasteiger partial charge in [0, 0.05) is 45.9 Å². The minimum atomic E-state index is -0.415. The molecule has 3 aromatic heterocycles. The summed E-state index contributed by atoms with van der Waals surface area (Å²) in [7, 11) is 3.01. The van der Waals surface area contributed by atoms with E-state index in [1.54, 1.807) is 19.4 Å². The zero-order chi connectivity index (χ0) is 20.1. The summed E-state index contributed by atoms with van der Waals surface area (Å²) in [6.45, 7) is 0.629. The van der Waals surface area contributed by atoms with Crippen LogP contribution in [0.2, 0.25) is 0 Å². The zero-order valence-electron chi connectivity index (χ0n) is 16.1. The lowest BCUT2D eigenvalue weighted by molar-refractivity contribution is -0.121. The molecule has 0 saturated carbocycles. The fourth-order valence-corrected chi connectivity index (χ4v) is 3.07. The highest BCUT2D eigenvalue weighted by atomic mass is 16.2. The maximum Gasteiger partial charge on any atom is 0.332 e. The largest absolute Gasteiger partial charge is 0.356 e. The number of rotatable bonds is 8. The van der Waals surface area contributed by atoms with Crippen molar-refractivity contribution in [3.8, 4) is 0 Å². The molecule has 3 aromatic rings. The van der Waals surface area contributed by atoms with E-state index in [1.807, 2.05) is 12.1 Å². The maximum absolute atomic E-state index is 12.2. The maximum atomic E-state index is 12.2. The average molecular weight is 384 g/mol. The number of carbonyl (C=O) groups excluding carboxylic acids is 1. The van der Waals surface area contributed by atoms with Gasteiger partial charge in [-0.2, -0.15) is 0 Å². The molecule has 3 heterocycles. The molecule has 148 valence electrons. The van der Waals surface area contributed by atoms with Gasteiger partial charge in [0.1, 0.15) is 11.3 Å². The predicted molar refractivity (Wildman–Crippen MR) is 105 cm³/mol. The van der Waals surface area contributed by atoms with Crippen LogP contribution in [0, 0.1) is 0 Å². The van der Waals surface area contributed by atoms with E-state index in [0.29, 0.717) is 42.8 Å². The first-order valence-corrected chi connectivity index (χ1v) is 9.27. The van der Waals surface area contributed by atoms with Gasteiger partial charge in [-0.1, -0.05) is 0 Å². The lowest BCUT2D eigenvalue weighted by Gasteiger charge is -2.05. The molecule has 0 radical (unpaired) electrons. The van der Waals surface area contributed by atoms with Crippen LogP contribution >= 0.6 is 0 Å². The number of fused-ring (bicyclic) bond motifs is 1. The third-order valence-electron chi connectivity index (χ3n) is 4.67. The summed E-state index contributed by atoms with van der Waals surface area (Å²) in [4.78, 5) is 47.4. The highest BCUT2D eigenvalue weighted by Gasteiger charge is 2.13. The van der Waals surface area contributed by atoms with Gasteiger partial charge in [-0.25, -0.2) is 9.78 Å². The van der Waals surface area contributed by atoms with Crippen molar-refractivity contribution in [2.45, 2.75) is 32.1 Å². The van der Waals surface area contributed by atoms with Crippen molar-refractivity contribution < 1.29 is 4.79 Å². The number of aryl methyl sites for hydroxylation is 3. The summed E-state index contributed by atoms with van der Waals surface area (Å²) in [6.07, 6.45) is 6.80. The summed E-state index contributed by atoms with van der Waals surface area (Å²) in [5.41, 5.74) is 1.03. The van der Waals surface area contributed by atoms with E-state index in [2.05, 4.69) is 20.3 Å². The molecular weight excluding hydrogens is 360 g/mol. The Kier molecular flexibility index (Phi) is 6.03. The second-order valence-corrected chi connectivity index (χ2v) is 6.75. The van der Waals surface area contributed by atoms with Crippen molar-refractivity contribution in [3.63, 3.8) is 0 Å². The first-order valence-electron chi connectivity index (χ1n) is 9.27. The minimum Gasteiger partial charge on any atom is -0.356 e. The van der Waals surface area contributed by atoms with Crippen molar-refractivity contribution in [3.05, 3.63) is 56.8 Å². The minimum absolute atomic E-state index is 0.00541. The third kappa shape index (κ3) is 4.36. The van der Waals surface area contributed by atoms with Crippen LogP contribution in [0.1, 0.15) is 30.7 Å². The molecular formula is C19H24N6O3. The number of carbonyl (C=O) groups is 1. The number of amides is 1. The van der Waals surface area contributed by atoms with Crippen molar-refractivity contribution in [1.82, 2.24) is 29.4 Å². The standard InChI is InChI=1S/C19H24N6O3/c1-24-17-16(18(27)25(2)19(24)28)22-14(23-17)6-3-7-15(26)21-10-4-5-13-8-11-20-12-9-13/h8-9,11-12H,3-7,10H2,1-2H3,(H,21,26)(H,22,23). The van der Waals surface area contributed by atoms with Gasteiger partial charge in [-0.05, 0) is 37.0 Å². The van der Waals surface area contributed by atoms with E-state index >= 15 is 0 Å². The van der Waals surface area contributed by atoms with Gasteiger partial charge >= 0.3 is 5.69 Å². The van der Waals surface area contributed by atoms with Crippen LogP contribution in [0.4, 0.5) is 0 Å². The molecule has 0 aliphatic rings. The SMILES string of the molecule is Cn1c(=O)c2[nH]c(CCCC(=O)NCCCc3ccncc3)nc2n(C)c1=O. The molecule has 1 amide bonds. The first-order chi connectivity index (χ1) is 13.5. The van der Waals surface area contributed by atoms with Crippen LogP contribution in [-0.4, -0.2) is 36.5 Å². The molecule has 0 aliphatic heterocycles. The molecule has 0 bridgehead atoms. The number of aromatic nitrogens is 5. The molecule has 3 rings (SSSR count). The van der Waals surface area contributed by atoms with E-state index in [9.17, 15) is 14.4 Å².